The molecule has 0 aromatic heterocycles. The van der Waals surface area contributed by atoms with E-state index in [9.17, 15) is 4.79 Å². The van der Waals surface area contributed by atoms with Crippen molar-refractivity contribution in [2.24, 2.45) is 5.92 Å². The second-order valence-electron chi connectivity index (χ2n) is 6.74. The van der Waals surface area contributed by atoms with Crippen LogP contribution in [0.2, 0.25) is 0 Å². The number of amides is 2. The Morgan fingerprint density at radius 3 is 2.70 bits per heavy atom. The molecule has 0 spiro atoms. The number of likely N-dealkylation sites (tertiary alicyclic amines) is 1. The fourth-order valence-electron chi connectivity index (χ4n) is 3.27. The van der Waals surface area contributed by atoms with Crippen molar-refractivity contribution in [2.75, 3.05) is 25.0 Å². The van der Waals surface area contributed by atoms with Crippen LogP contribution in [0.5, 0.6) is 0 Å². The number of anilines is 1. The molecule has 1 aromatic rings. The van der Waals surface area contributed by atoms with Gasteiger partial charge in [0, 0.05) is 41.4 Å². The number of aliphatic hydroxyl groups is 1. The molecule has 2 N–H and O–H groups in total. The normalized spacial score (nSPS) is 19.5. The summed E-state index contributed by atoms with van der Waals surface area (Å²) in [6, 6.07) is 6.25. The molecule has 3 rings (SSSR count). The van der Waals surface area contributed by atoms with Gasteiger partial charge in [-0.1, -0.05) is 19.3 Å². The average molecular weight is 334 g/mol. The van der Waals surface area contributed by atoms with Crippen molar-refractivity contribution < 1.29 is 9.90 Å². The molecule has 1 aromatic carbocycles. The molecule has 1 aliphatic heterocycles. The van der Waals surface area contributed by atoms with E-state index in [4.69, 9.17) is 5.11 Å². The Bertz CT molecular complexity index is 552. The highest BCUT2D eigenvalue weighted by atomic mass is 32.2. The zero-order valence-electron chi connectivity index (χ0n) is 13.8. The maximum atomic E-state index is 12.1. The van der Waals surface area contributed by atoms with E-state index in [2.05, 4.69) is 17.4 Å². The molecule has 1 heterocycles. The molecule has 0 radical (unpaired) electrons. The van der Waals surface area contributed by atoms with Crippen molar-refractivity contribution in [2.45, 2.75) is 49.2 Å². The molecule has 2 amide bonds. The van der Waals surface area contributed by atoms with Gasteiger partial charge in [0.05, 0.1) is 0 Å². The van der Waals surface area contributed by atoms with Crippen molar-refractivity contribution in [3.63, 3.8) is 0 Å². The Morgan fingerprint density at radius 1 is 1.30 bits per heavy atom. The number of hydrogen-bond donors (Lipinski definition) is 2. The predicted octanol–water partition coefficient (Wildman–Crippen LogP) is 3.88. The Labute approximate surface area is 142 Å². The van der Waals surface area contributed by atoms with Crippen LogP contribution in [0.1, 0.15) is 37.7 Å². The topological polar surface area (TPSA) is 52.6 Å². The van der Waals surface area contributed by atoms with E-state index < -0.39 is 0 Å². The molecule has 2 aliphatic rings. The van der Waals surface area contributed by atoms with Crippen molar-refractivity contribution in [1.82, 2.24) is 4.90 Å². The lowest BCUT2D eigenvalue weighted by atomic mass is 10.0. The third-order valence-electron chi connectivity index (χ3n) is 4.80. The summed E-state index contributed by atoms with van der Waals surface area (Å²) in [7, 11) is 0. The maximum Gasteiger partial charge on any atom is 0.321 e. The summed E-state index contributed by atoms with van der Waals surface area (Å²) in [5.74, 6) is 0.246. The standard InChI is InChI=1S/C18H26N2O2S/c1-13-9-16(23-15-5-3-2-4-6-15)7-8-17(13)19-18(22)20-10-14(11-20)12-21/h7-9,14-15,21H,2-6,10-12H2,1H3,(H,19,22). The van der Waals surface area contributed by atoms with E-state index in [1.54, 1.807) is 4.90 Å². The van der Waals surface area contributed by atoms with Gasteiger partial charge in [-0.15, -0.1) is 11.8 Å². The van der Waals surface area contributed by atoms with E-state index in [0.29, 0.717) is 13.1 Å². The second kappa shape index (κ2) is 7.58. The van der Waals surface area contributed by atoms with Gasteiger partial charge in [-0.25, -0.2) is 4.79 Å². The van der Waals surface area contributed by atoms with E-state index in [1.807, 2.05) is 24.8 Å². The first kappa shape index (κ1) is 16.7. The SMILES string of the molecule is Cc1cc(SC2CCCCC2)ccc1NC(=O)N1CC(CO)C1. The fourth-order valence-corrected chi connectivity index (χ4v) is 4.62. The average Bonchev–Trinajstić information content (AvgIpc) is 2.50. The van der Waals surface area contributed by atoms with Crippen LogP contribution in [0.3, 0.4) is 0 Å². The predicted molar refractivity (Wildman–Crippen MR) is 95.1 cm³/mol. The summed E-state index contributed by atoms with van der Waals surface area (Å²) in [5, 5.41) is 12.8. The first-order valence-corrected chi connectivity index (χ1v) is 9.48. The summed E-state index contributed by atoms with van der Waals surface area (Å²) in [5.41, 5.74) is 1.99. The molecule has 1 aliphatic carbocycles. The highest BCUT2D eigenvalue weighted by Gasteiger charge is 2.30. The molecule has 0 unspecified atom stereocenters. The number of carbonyl (C=O) groups excluding carboxylic acids is 1. The van der Waals surface area contributed by atoms with Gasteiger partial charge in [-0.2, -0.15) is 0 Å². The number of thioether (sulfide) groups is 1. The highest BCUT2D eigenvalue weighted by Crippen LogP contribution is 2.35. The van der Waals surface area contributed by atoms with Gasteiger partial charge in [0.2, 0.25) is 0 Å². The molecule has 1 saturated carbocycles. The molecule has 5 heteroatoms. The number of aryl methyl sites for hydroxylation is 1. The summed E-state index contributed by atoms with van der Waals surface area (Å²) >= 11 is 1.98. The van der Waals surface area contributed by atoms with Crippen molar-refractivity contribution in [3.05, 3.63) is 23.8 Å². The monoisotopic (exact) mass is 334 g/mol. The van der Waals surface area contributed by atoms with E-state index in [-0.39, 0.29) is 18.6 Å². The maximum absolute atomic E-state index is 12.1. The Balaban J connectivity index is 1.55. The minimum absolute atomic E-state index is 0.0644. The van der Waals surface area contributed by atoms with Crippen LogP contribution >= 0.6 is 11.8 Å². The van der Waals surface area contributed by atoms with Crippen LogP contribution in [0, 0.1) is 12.8 Å². The first-order valence-electron chi connectivity index (χ1n) is 8.60. The third kappa shape index (κ3) is 4.21. The number of nitrogens with zero attached hydrogens (tertiary/aromatic N) is 1. The Morgan fingerprint density at radius 2 is 2.04 bits per heavy atom. The van der Waals surface area contributed by atoms with E-state index in [0.717, 1.165) is 16.5 Å². The molecular weight excluding hydrogens is 308 g/mol. The summed E-state index contributed by atoms with van der Waals surface area (Å²) < 4.78 is 0. The molecule has 4 nitrogen and oxygen atoms in total. The number of urea groups is 1. The zero-order valence-corrected chi connectivity index (χ0v) is 14.6. The number of aliphatic hydroxyl groups excluding tert-OH is 1. The van der Waals surface area contributed by atoms with E-state index in [1.165, 1.54) is 37.0 Å². The lowest BCUT2D eigenvalue weighted by Gasteiger charge is -2.38. The van der Waals surface area contributed by atoms with Gasteiger partial charge < -0.3 is 15.3 Å². The van der Waals surface area contributed by atoms with Crippen LogP contribution in [-0.2, 0) is 0 Å². The van der Waals surface area contributed by atoms with Gasteiger partial charge in [0.25, 0.3) is 0 Å². The van der Waals surface area contributed by atoms with Gasteiger partial charge in [-0.05, 0) is 43.5 Å². The molecule has 0 bridgehead atoms. The van der Waals surface area contributed by atoms with Crippen molar-refractivity contribution in [1.29, 1.82) is 0 Å². The second-order valence-corrected chi connectivity index (χ2v) is 8.11. The molecular formula is C18H26N2O2S. The molecule has 0 atom stereocenters. The summed E-state index contributed by atoms with van der Waals surface area (Å²) in [6.45, 7) is 3.51. The quantitative estimate of drug-likeness (QED) is 0.879. The lowest BCUT2D eigenvalue weighted by molar-refractivity contribution is 0.0838. The Hall–Kier alpha value is -1.20. The summed E-state index contributed by atoms with van der Waals surface area (Å²) in [4.78, 5) is 15.2. The minimum Gasteiger partial charge on any atom is -0.396 e. The fraction of sp³-hybridized carbons (Fsp3) is 0.611. The van der Waals surface area contributed by atoms with Gasteiger partial charge in [0.1, 0.15) is 0 Å². The summed E-state index contributed by atoms with van der Waals surface area (Å²) in [6.07, 6.45) is 6.74. The van der Waals surface area contributed by atoms with Crippen LogP contribution in [0.25, 0.3) is 0 Å². The van der Waals surface area contributed by atoms with Crippen LogP contribution in [-0.4, -0.2) is 41.0 Å². The van der Waals surface area contributed by atoms with E-state index >= 15 is 0 Å². The number of carbonyl (C=O) groups is 1. The van der Waals surface area contributed by atoms with Gasteiger partial charge in [0.15, 0.2) is 0 Å². The van der Waals surface area contributed by atoms with Crippen LogP contribution in [0.4, 0.5) is 10.5 Å². The van der Waals surface area contributed by atoms with Crippen molar-refractivity contribution >= 4 is 23.5 Å². The highest BCUT2D eigenvalue weighted by molar-refractivity contribution is 8.00. The van der Waals surface area contributed by atoms with Gasteiger partial charge >= 0.3 is 6.03 Å². The number of rotatable bonds is 4. The lowest BCUT2D eigenvalue weighted by Crippen LogP contribution is -2.52. The number of nitrogens with one attached hydrogen (secondary N) is 1. The smallest absolute Gasteiger partial charge is 0.321 e. The molecule has 126 valence electrons. The first-order chi connectivity index (χ1) is 11.2. The molecule has 23 heavy (non-hydrogen) atoms. The number of benzene rings is 1. The van der Waals surface area contributed by atoms with Crippen LogP contribution < -0.4 is 5.32 Å². The van der Waals surface area contributed by atoms with Crippen molar-refractivity contribution in [3.8, 4) is 0 Å². The Kier molecular flexibility index (Phi) is 5.49. The molecule has 2 fully saturated rings. The molecule has 1 saturated heterocycles. The van der Waals surface area contributed by atoms with Gasteiger partial charge in [-0.3, -0.25) is 0 Å². The minimum atomic E-state index is -0.0644. The third-order valence-corrected chi connectivity index (χ3v) is 6.13. The zero-order chi connectivity index (χ0) is 16.2. The number of hydrogen-bond acceptors (Lipinski definition) is 3. The largest absolute Gasteiger partial charge is 0.396 e. The van der Waals surface area contributed by atoms with Crippen LogP contribution in [0.15, 0.2) is 23.1 Å².